The van der Waals surface area contributed by atoms with Crippen LogP contribution in [0.15, 0.2) is 30.3 Å². The van der Waals surface area contributed by atoms with Gasteiger partial charge >= 0.3 is 0 Å². The lowest BCUT2D eigenvalue weighted by atomic mass is 10.1. The van der Waals surface area contributed by atoms with E-state index in [1.165, 1.54) is 5.56 Å². The Balaban J connectivity index is 2.26. The first kappa shape index (κ1) is 11.5. The van der Waals surface area contributed by atoms with Crippen molar-refractivity contribution < 1.29 is 4.79 Å². The summed E-state index contributed by atoms with van der Waals surface area (Å²) in [5.41, 5.74) is 3.65. The first-order valence-corrected chi connectivity index (χ1v) is 5.52. The van der Waals surface area contributed by atoms with Gasteiger partial charge in [-0.1, -0.05) is 29.8 Å². The molecule has 0 unspecified atom stereocenters. The van der Waals surface area contributed by atoms with Crippen LogP contribution in [0.4, 0.5) is 0 Å². The van der Waals surface area contributed by atoms with Crippen molar-refractivity contribution in [2.45, 2.75) is 20.3 Å². The molecule has 2 rings (SSSR count). The monoisotopic (exact) mass is 226 g/mol. The number of carbonyl (C=O) groups is 1. The van der Waals surface area contributed by atoms with Gasteiger partial charge in [-0.3, -0.25) is 4.79 Å². The number of hydrogen-bond donors (Lipinski definition) is 0. The highest BCUT2D eigenvalue weighted by molar-refractivity contribution is 5.71. The van der Waals surface area contributed by atoms with Gasteiger partial charge in [0.25, 0.3) is 0 Å². The summed E-state index contributed by atoms with van der Waals surface area (Å²) in [6, 6.07) is 9.92. The molecule has 1 aromatic heterocycles. The van der Waals surface area contributed by atoms with E-state index in [1.807, 2.05) is 6.92 Å². The van der Waals surface area contributed by atoms with Crippen molar-refractivity contribution in [1.82, 2.24) is 9.97 Å². The second kappa shape index (κ2) is 4.87. The molecule has 1 aromatic carbocycles. The topological polar surface area (TPSA) is 42.9 Å². The van der Waals surface area contributed by atoms with E-state index in [0.717, 1.165) is 17.5 Å². The lowest BCUT2D eigenvalue weighted by Crippen LogP contribution is -2.01. The second-order valence-corrected chi connectivity index (χ2v) is 4.13. The van der Waals surface area contributed by atoms with E-state index in [1.54, 1.807) is 6.07 Å². The summed E-state index contributed by atoms with van der Waals surface area (Å²) in [6.45, 7) is 3.92. The molecule has 3 heteroatoms. The Kier molecular flexibility index (Phi) is 3.28. The molecule has 3 nitrogen and oxygen atoms in total. The molecule has 0 spiro atoms. The second-order valence-electron chi connectivity index (χ2n) is 4.13. The van der Waals surface area contributed by atoms with Gasteiger partial charge in [0.15, 0.2) is 6.29 Å². The minimum absolute atomic E-state index is 0.444. The highest BCUT2D eigenvalue weighted by Crippen LogP contribution is 2.08. The molecule has 0 N–H and O–H groups in total. The first-order valence-electron chi connectivity index (χ1n) is 5.52. The number of aromatic nitrogens is 2. The minimum Gasteiger partial charge on any atom is -0.296 e. The van der Waals surface area contributed by atoms with Gasteiger partial charge in [-0.15, -0.1) is 0 Å². The molecule has 0 radical (unpaired) electrons. The van der Waals surface area contributed by atoms with Gasteiger partial charge in [-0.05, 0) is 25.5 Å². The SMILES string of the molecule is Cc1ccc(Cc2nc(C)cc(C=O)n2)cc1. The zero-order valence-electron chi connectivity index (χ0n) is 9.97. The number of carbonyl (C=O) groups excluding carboxylic acids is 1. The zero-order chi connectivity index (χ0) is 12.3. The van der Waals surface area contributed by atoms with Crippen LogP contribution in [0.3, 0.4) is 0 Å². The standard InChI is InChI=1S/C14H14N2O/c1-10-3-5-12(6-4-10)8-14-15-11(2)7-13(9-17)16-14/h3-7,9H,8H2,1-2H3. The predicted molar refractivity (Wildman–Crippen MR) is 66.1 cm³/mol. The van der Waals surface area contributed by atoms with Gasteiger partial charge in [0, 0.05) is 12.1 Å². The fourth-order valence-electron chi connectivity index (χ4n) is 1.68. The van der Waals surface area contributed by atoms with Gasteiger partial charge in [0.05, 0.1) is 0 Å². The average molecular weight is 226 g/mol. The fourth-order valence-corrected chi connectivity index (χ4v) is 1.68. The molecular formula is C14H14N2O. The smallest absolute Gasteiger partial charge is 0.168 e. The van der Waals surface area contributed by atoms with Crippen molar-refractivity contribution in [3.8, 4) is 0 Å². The van der Waals surface area contributed by atoms with Crippen LogP contribution in [0.25, 0.3) is 0 Å². The van der Waals surface area contributed by atoms with Gasteiger partial charge in [-0.25, -0.2) is 9.97 Å². The maximum atomic E-state index is 10.7. The molecule has 17 heavy (non-hydrogen) atoms. The summed E-state index contributed by atoms with van der Waals surface area (Å²) in [5.74, 6) is 0.691. The Bertz CT molecular complexity index is 532. The number of benzene rings is 1. The van der Waals surface area contributed by atoms with Crippen LogP contribution < -0.4 is 0 Å². The Morgan fingerprint density at radius 3 is 2.47 bits per heavy atom. The van der Waals surface area contributed by atoms with E-state index in [2.05, 4.69) is 41.2 Å². The normalized spacial score (nSPS) is 10.2. The number of aryl methyl sites for hydroxylation is 2. The van der Waals surface area contributed by atoms with Crippen molar-refractivity contribution in [1.29, 1.82) is 0 Å². The molecule has 86 valence electrons. The van der Waals surface area contributed by atoms with Crippen molar-refractivity contribution in [2.24, 2.45) is 0 Å². The average Bonchev–Trinajstić information content (AvgIpc) is 2.31. The van der Waals surface area contributed by atoms with E-state index in [0.29, 0.717) is 17.9 Å². The van der Waals surface area contributed by atoms with Gasteiger partial charge in [-0.2, -0.15) is 0 Å². The fraction of sp³-hybridized carbons (Fsp3) is 0.214. The molecule has 0 aliphatic heterocycles. The lowest BCUT2D eigenvalue weighted by Gasteiger charge is -2.03. The van der Waals surface area contributed by atoms with Crippen LogP contribution in [0.5, 0.6) is 0 Å². The summed E-state index contributed by atoms with van der Waals surface area (Å²) in [7, 11) is 0. The van der Waals surface area contributed by atoms with Gasteiger partial charge < -0.3 is 0 Å². The van der Waals surface area contributed by atoms with E-state index < -0.39 is 0 Å². The highest BCUT2D eigenvalue weighted by atomic mass is 16.1. The van der Waals surface area contributed by atoms with Crippen molar-refractivity contribution in [3.05, 3.63) is 58.7 Å². The number of nitrogens with zero attached hydrogens (tertiary/aromatic N) is 2. The molecule has 2 aromatic rings. The molecule has 0 saturated heterocycles. The van der Waals surface area contributed by atoms with Crippen LogP contribution in [-0.4, -0.2) is 16.3 Å². The third-order valence-corrected chi connectivity index (χ3v) is 2.52. The van der Waals surface area contributed by atoms with Crippen LogP contribution in [-0.2, 0) is 6.42 Å². The Morgan fingerprint density at radius 2 is 1.82 bits per heavy atom. The number of hydrogen-bond acceptors (Lipinski definition) is 3. The maximum absolute atomic E-state index is 10.7. The zero-order valence-corrected chi connectivity index (χ0v) is 9.97. The summed E-state index contributed by atoms with van der Waals surface area (Å²) >= 11 is 0. The Hall–Kier alpha value is -2.03. The summed E-state index contributed by atoms with van der Waals surface area (Å²) < 4.78 is 0. The van der Waals surface area contributed by atoms with Crippen LogP contribution in [0, 0.1) is 13.8 Å². The molecule has 0 saturated carbocycles. The molecule has 0 aliphatic rings. The summed E-state index contributed by atoms with van der Waals surface area (Å²) in [6.07, 6.45) is 1.41. The highest BCUT2D eigenvalue weighted by Gasteiger charge is 2.03. The molecule has 0 bridgehead atoms. The molecule has 0 fully saturated rings. The van der Waals surface area contributed by atoms with Crippen LogP contribution in [0.2, 0.25) is 0 Å². The van der Waals surface area contributed by atoms with E-state index >= 15 is 0 Å². The minimum atomic E-state index is 0.444. The van der Waals surface area contributed by atoms with Crippen molar-refractivity contribution >= 4 is 6.29 Å². The van der Waals surface area contributed by atoms with Crippen molar-refractivity contribution in [2.75, 3.05) is 0 Å². The maximum Gasteiger partial charge on any atom is 0.168 e. The third-order valence-electron chi connectivity index (χ3n) is 2.52. The van der Waals surface area contributed by atoms with Gasteiger partial charge in [0.1, 0.15) is 11.5 Å². The number of rotatable bonds is 3. The third kappa shape index (κ3) is 2.97. The first-order chi connectivity index (χ1) is 8.17. The molecule has 1 heterocycles. The van der Waals surface area contributed by atoms with Crippen LogP contribution >= 0.6 is 0 Å². The van der Waals surface area contributed by atoms with E-state index in [4.69, 9.17) is 0 Å². The van der Waals surface area contributed by atoms with Gasteiger partial charge in [0.2, 0.25) is 0 Å². The molecule has 0 atom stereocenters. The molecular weight excluding hydrogens is 212 g/mol. The predicted octanol–water partition coefficient (Wildman–Crippen LogP) is 2.50. The summed E-state index contributed by atoms with van der Waals surface area (Å²) in [4.78, 5) is 19.2. The van der Waals surface area contributed by atoms with Crippen LogP contribution in [0.1, 0.15) is 33.1 Å². The Morgan fingerprint density at radius 1 is 1.12 bits per heavy atom. The van der Waals surface area contributed by atoms with E-state index in [-0.39, 0.29) is 0 Å². The largest absolute Gasteiger partial charge is 0.296 e. The van der Waals surface area contributed by atoms with Crippen molar-refractivity contribution in [3.63, 3.8) is 0 Å². The summed E-state index contributed by atoms with van der Waals surface area (Å²) in [5, 5.41) is 0. The molecule has 0 amide bonds. The lowest BCUT2D eigenvalue weighted by molar-refractivity contribution is 0.111. The Labute approximate surface area is 101 Å². The van der Waals surface area contributed by atoms with E-state index in [9.17, 15) is 4.79 Å². The molecule has 0 aliphatic carbocycles. The number of aldehydes is 1. The quantitative estimate of drug-likeness (QED) is 0.755.